The maximum atomic E-state index is 11.9. The molecular formula is C16H22ClNO4S. The number of nitrogens with one attached hydrogen (secondary N) is 1. The maximum Gasteiger partial charge on any atom is 0.258 e. The third kappa shape index (κ3) is 4.85. The molecule has 1 fully saturated rings. The van der Waals surface area contributed by atoms with E-state index in [0.717, 1.165) is 11.1 Å². The molecule has 2 rings (SSSR count). The lowest BCUT2D eigenvalue weighted by Crippen LogP contribution is -2.38. The molecule has 0 saturated carbocycles. The zero-order chi connectivity index (χ0) is 17.2. The highest BCUT2D eigenvalue weighted by atomic mass is 35.5. The molecule has 23 heavy (non-hydrogen) atoms. The third-order valence-corrected chi connectivity index (χ3v) is 5.97. The van der Waals surface area contributed by atoms with Crippen molar-refractivity contribution in [3.8, 4) is 5.75 Å². The minimum Gasteiger partial charge on any atom is -0.483 e. The fourth-order valence-corrected chi connectivity index (χ4v) is 4.70. The van der Waals surface area contributed by atoms with Crippen LogP contribution >= 0.6 is 11.6 Å². The topological polar surface area (TPSA) is 72.5 Å². The number of carbonyl (C=O) groups excluding carboxylic acids is 1. The Bertz CT molecular complexity index is 700. The number of hydrogen-bond acceptors (Lipinski definition) is 4. The minimum atomic E-state index is -3.01. The van der Waals surface area contributed by atoms with Crippen LogP contribution in [0.4, 0.5) is 0 Å². The standard InChI is InChI=1S/C16H22ClNO4S/c1-10(2)13-7-15(11(3)6-14(13)17)22-8-16(19)18-12-4-5-23(20,21)9-12/h6-7,10,12H,4-5,8-9H2,1-3H3,(H,18,19)/t12-/m0/s1. The van der Waals surface area contributed by atoms with Crippen LogP contribution in [0.2, 0.25) is 5.02 Å². The molecule has 1 aliphatic rings. The van der Waals surface area contributed by atoms with Gasteiger partial charge in [0.1, 0.15) is 5.75 Å². The van der Waals surface area contributed by atoms with Crippen LogP contribution in [0.15, 0.2) is 12.1 Å². The first kappa shape index (κ1) is 18.1. The second-order valence-corrected chi connectivity index (χ2v) is 8.89. The molecule has 1 aromatic rings. The van der Waals surface area contributed by atoms with E-state index >= 15 is 0 Å². The normalized spacial score (nSPS) is 19.8. The van der Waals surface area contributed by atoms with Gasteiger partial charge in [0.25, 0.3) is 5.91 Å². The molecule has 0 spiro atoms. The van der Waals surface area contributed by atoms with E-state index in [9.17, 15) is 13.2 Å². The SMILES string of the molecule is Cc1cc(Cl)c(C(C)C)cc1OCC(=O)N[C@H]1CCS(=O)(=O)C1. The van der Waals surface area contributed by atoms with Crippen molar-refractivity contribution in [3.63, 3.8) is 0 Å². The summed E-state index contributed by atoms with van der Waals surface area (Å²) in [5.41, 5.74) is 1.82. The molecule has 0 aromatic heterocycles. The minimum absolute atomic E-state index is 0.0101. The summed E-state index contributed by atoms with van der Waals surface area (Å²) in [7, 11) is -3.01. The van der Waals surface area contributed by atoms with Crippen molar-refractivity contribution in [3.05, 3.63) is 28.3 Å². The first-order valence-corrected chi connectivity index (χ1v) is 9.80. The molecule has 1 aromatic carbocycles. The second-order valence-electron chi connectivity index (χ2n) is 6.25. The van der Waals surface area contributed by atoms with Crippen LogP contribution in [0, 0.1) is 6.92 Å². The average Bonchev–Trinajstić information content (AvgIpc) is 2.76. The first-order chi connectivity index (χ1) is 10.7. The molecule has 1 amide bonds. The molecule has 1 saturated heterocycles. The van der Waals surface area contributed by atoms with Crippen LogP contribution in [-0.2, 0) is 14.6 Å². The molecular weight excluding hydrogens is 338 g/mol. The molecule has 7 heteroatoms. The van der Waals surface area contributed by atoms with Crippen molar-refractivity contribution in [1.29, 1.82) is 0 Å². The lowest BCUT2D eigenvalue weighted by molar-refractivity contribution is -0.123. The van der Waals surface area contributed by atoms with E-state index in [0.29, 0.717) is 17.2 Å². The monoisotopic (exact) mass is 359 g/mol. The van der Waals surface area contributed by atoms with Crippen molar-refractivity contribution in [2.75, 3.05) is 18.1 Å². The average molecular weight is 360 g/mol. The molecule has 0 radical (unpaired) electrons. The lowest BCUT2D eigenvalue weighted by atomic mass is 10.0. The van der Waals surface area contributed by atoms with Gasteiger partial charge in [-0.3, -0.25) is 4.79 Å². The van der Waals surface area contributed by atoms with Crippen LogP contribution in [0.5, 0.6) is 5.75 Å². The predicted molar refractivity (Wildman–Crippen MR) is 91.0 cm³/mol. The Morgan fingerprint density at radius 1 is 1.43 bits per heavy atom. The van der Waals surface area contributed by atoms with E-state index in [2.05, 4.69) is 5.32 Å². The number of aryl methyl sites for hydroxylation is 1. The summed E-state index contributed by atoms with van der Waals surface area (Å²) in [6.07, 6.45) is 0.464. The van der Waals surface area contributed by atoms with Crippen LogP contribution in [0.1, 0.15) is 37.3 Å². The number of benzene rings is 1. The largest absolute Gasteiger partial charge is 0.483 e. The van der Waals surface area contributed by atoms with Crippen molar-refractivity contribution in [2.45, 2.75) is 39.2 Å². The number of carbonyl (C=O) groups is 1. The fraction of sp³-hybridized carbons (Fsp3) is 0.562. The second kappa shape index (κ2) is 7.09. The van der Waals surface area contributed by atoms with Gasteiger partial charge in [-0.05, 0) is 42.5 Å². The van der Waals surface area contributed by atoms with Gasteiger partial charge in [-0.1, -0.05) is 25.4 Å². The van der Waals surface area contributed by atoms with E-state index in [1.165, 1.54) is 0 Å². The van der Waals surface area contributed by atoms with Crippen molar-refractivity contribution in [1.82, 2.24) is 5.32 Å². The number of ether oxygens (including phenoxy) is 1. The van der Waals surface area contributed by atoms with E-state index in [4.69, 9.17) is 16.3 Å². The maximum absolute atomic E-state index is 11.9. The Balaban J connectivity index is 1.95. The summed E-state index contributed by atoms with van der Waals surface area (Å²) in [6.45, 7) is 5.80. The molecule has 0 aliphatic carbocycles. The summed E-state index contributed by atoms with van der Waals surface area (Å²) < 4.78 is 28.4. The molecule has 128 valence electrons. The third-order valence-electron chi connectivity index (χ3n) is 3.87. The number of hydrogen-bond donors (Lipinski definition) is 1. The van der Waals surface area contributed by atoms with Crippen molar-refractivity contribution >= 4 is 27.3 Å². The Labute approximate surface area is 142 Å². The molecule has 1 N–H and O–H groups in total. The van der Waals surface area contributed by atoms with Gasteiger partial charge >= 0.3 is 0 Å². The summed E-state index contributed by atoms with van der Waals surface area (Å²) in [5.74, 6) is 0.700. The van der Waals surface area contributed by atoms with Gasteiger partial charge in [-0.15, -0.1) is 0 Å². The number of sulfone groups is 1. The van der Waals surface area contributed by atoms with Gasteiger partial charge in [0, 0.05) is 11.1 Å². The smallest absolute Gasteiger partial charge is 0.258 e. The molecule has 0 bridgehead atoms. The number of rotatable bonds is 5. The van der Waals surface area contributed by atoms with E-state index in [1.54, 1.807) is 0 Å². The van der Waals surface area contributed by atoms with Crippen LogP contribution in [0.3, 0.4) is 0 Å². The van der Waals surface area contributed by atoms with E-state index in [1.807, 2.05) is 32.9 Å². The molecule has 0 unspecified atom stereocenters. The Morgan fingerprint density at radius 2 is 2.13 bits per heavy atom. The van der Waals surface area contributed by atoms with Gasteiger partial charge in [0.2, 0.25) is 0 Å². The van der Waals surface area contributed by atoms with Crippen molar-refractivity contribution < 1.29 is 17.9 Å². The van der Waals surface area contributed by atoms with Gasteiger partial charge < -0.3 is 10.1 Å². The number of halogens is 1. The van der Waals surface area contributed by atoms with Gasteiger partial charge in [-0.2, -0.15) is 0 Å². The highest BCUT2D eigenvalue weighted by molar-refractivity contribution is 7.91. The predicted octanol–water partition coefficient (Wildman–Crippen LogP) is 2.45. The summed E-state index contributed by atoms with van der Waals surface area (Å²) in [5, 5.41) is 3.39. The Kier molecular flexibility index (Phi) is 5.57. The quantitative estimate of drug-likeness (QED) is 0.876. The van der Waals surface area contributed by atoms with Gasteiger partial charge in [-0.25, -0.2) is 8.42 Å². The fourth-order valence-electron chi connectivity index (χ4n) is 2.59. The Hall–Kier alpha value is -1.27. The lowest BCUT2D eigenvalue weighted by Gasteiger charge is -2.15. The number of amides is 1. The van der Waals surface area contributed by atoms with E-state index in [-0.39, 0.29) is 36.0 Å². The highest BCUT2D eigenvalue weighted by Gasteiger charge is 2.28. The highest BCUT2D eigenvalue weighted by Crippen LogP contribution is 2.31. The molecule has 1 atom stereocenters. The van der Waals surface area contributed by atoms with Gasteiger partial charge in [0.05, 0.1) is 11.5 Å². The van der Waals surface area contributed by atoms with Crippen LogP contribution in [0.25, 0.3) is 0 Å². The zero-order valence-electron chi connectivity index (χ0n) is 13.6. The van der Waals surface area contributed by atoms with Crippen molar-refractivity contribution in [2.24, 2.45) is 0 Å². The zero-order valence-corrected chi connectivity index (χ0v) is 15.1. The summed E-state index contributed by atoms with van der Waals surface area (Å²) in [4.78, 5) is 11.9. The van der Waals surface area contributed by atoms with Crippen LogP contribution in [-0.4, -0.2) is 38.5 Å². The Morgan fingerprint density at radius 3 is 2.70 bits per heavy atom. The van der Waals surface area contributed by atoms with Crippen LogP contribution < -0.4 is 10.1 Å². The summed E-state index contributed by atoms with van der Waals surface area (Å²) in [6, 6.07) is 3.37. The first-order valence-electron chi connectivity index (χ1n) is 7.60. The molecule has 1 heterocycles. The van der Waals surface area contributed by atoms with E-state index < -0.39 is 9.84 Å². The summed E-state index contributed by atoms with van der Waals surface area (Å²) >= 11 is 6.21. The molecule has 5 nitrogen and oxygen atoms in total. The van der Waals surface area contributed by atoms with Gasteiger partial charge in [0.15, 0.2) is 16.4 Å². The molecule has 1 aliphatic heterocycles.